The van der Waals surface area contributed by atoms with Gasteiger partial charge in [0.2, 0.25) is 17.4 Å². The van der Waals surface area contributed by atoms with E-state index in [0.29, 0.717) is 77.4 Å². The zero-order valence-corrected chi connectivity index (χ0v) is 45.2. The summed E-state index contributed by atoms with van der Waals surface area (Å²) in [6.45, 7) is 24.2. The van der Waals surface area contributed by atoms with Crippen LogP contribution in [0.4, 0.5) is 17.6 Å². The highest BCUT2D eigenvalue weighted by Gasteiger charge is 2.31. The summed E-state index contributed by atoms with van der Waals surface area (Å²) in [5.41, 5.74) is -1.31. The zero-order chi connectivity index (χ0) is 55.2. The van der Waals surface area contributed by atoms with Gasteiger partial charge in [-0.15, -0.1) is 0 Å². The maximum Gasteiger partial charge on any atom is 0.343 e. The highest BCUT2D eigenvalue weighted by atomic mass is 19.2. The SMILES string of the molecule is CC(C)(C)OC(=O)CN1CCN(CC(=O)OC(C)(C)C)CCN(CC(=O)OC(C)(C)C)[C@@H](Cc2ccc(OCCCc3ccc(C(=O)Oc4c(F)c(F)cc(F)c4F)cc3)cc2)CN(CC(=O)OC(C)(C)C)CC1. The predicted molar refractivity (Wildman–Crippen MR) is 270 cm³/mol. The Bertz CT molecular complexity index is 2330. The molecule has 19 heteroatoms. The lowest BCUT2D eigenvalue weighted by Gasteiger charge is -2.39. The lowest BCUT2D eigenvalue weighted by atomic mass is 10.0. The van der Waals surface area contributed by atoms with Gasteiger partial charge >= 0.3 is 29.8 Å². The summed E-state index contributed by atoms with van der Waals surface area (Å²) in [6.07, 6.45) is 1.53. The average molecular weight is 1050 g/mol. The third kappa shape index (κ3) is 22.5. The third-order valence-corrected chi connectivity index (χ3v) is 11.0. The molecule has 0 saturated carbocycles. The Morgan fingerprint density at radius 3 is 1.39 bits per heavy atom. The number of carbonyl (C=O) groups excluding carboxylic acids is 5. The van der Waals surface area contributed by atoms with Crippen LogP contribution >= 0.6 is 0 Å². The summed E-state index contributed by atoms with van der Waals surface area (Å²) in [7, 11) is 0. The molecule has 1 fully saturated rings. The van der Waals surface area contributed by atoms with Crippen LogP contribution in [0.25, 0.3) is 0 Å². The summed E-state index contributed by atoms with van der Waals surface area (Å²) < 4.78 is 89.1. The van der Waals surface area contributed by atoms with E-state index in [1.807, 2.05) is 43.9 Å². The second-order valence-corrected chi connectivity index (χ2v) is 22.4. The largest absolute Gasteiger partial charge is 0.494 e. The zero-order valence-electron chi connectivity index (χ0n) is 45.2. The molecule has 0 unspecified atom stereocenters. The number of ether oxygens (including phenoxy) is 6. The van der Waals surface area contributed by atoms with Gasteiger partial charge in [-0.2, -0.15) is 8.78 Å². The van der Waals surface area contributed by atoms with Crippen molar-refractivity contribution in [2.45, 2.75) is 131 Å². The summed E-state index contributed by atoms with van der Waals surface area (Å²) in [5, 5.41) is 0. The van der Waals surface area contributed by atoms with Crippen LogP contribution < -0.4 is 9.47 Å². The summed E-state index contributed by atoms with van der Waals surface area (Å²) in [5.74, 6) is -10.8. The molecular weight excluding hydrogens is 969 g/mol. The molecule has 0 N–H and O–H groups in total. The number of hydrogen-bond donors (Lipinski definition) is 0. The van der Waals surface area contributed by atoms with Crippen LogP contribution in [0.5, 0.6) is 11.5 Å². The van der Waals surface area contributed by atoms with E-state index < -0.39 is 87.3 Å². The minimum Gasteiger partial charge on any atom is -0.494 e. The minimum atomic E-state index is -1.82. The van der Waals surface area contributed by atoms with Crippen molar-refractivity contribution < 1.29 is 70.0 Å². The van der Waals surface area contributed by atoms with Crippen molar-refractivity contribution in [3.05, 3.63) is 94.6 Å². The van der Waals surface area contributed by atoms with Gasteiger partial charge in [0, 0.05) is 57.9 Å². The van der Waals surface area contributed by atoms with Gasteiger partial charge in [-0.05, 0) is 138 Å². The number of halogens is 4. The quantitative estimate of drug-likeness (QED) is 0.0321. The van der Waals surface area contributed by atoms with Crippen LogP contribution in [0.2, 0.25) is 0 Å². The fourth-order valence-corrected chi connectivity index (χ4v) is 7.88. The molecule has 0 aliphatic carbocycles. The van der Waals surface area contributed by atoms with Crippen molar-refractivity contribution >= 4 is 29.8 Å². The first-order valence-electron chi connectivity index (χ1n) is 25.0. The van der Waals surface area contributed by atoms with Gasteiger partial charge in [0.15, 0.2) is 11.6 Å². The highest BCUT2D eigenvalue weighted by molar-refractivity contribution is 5.91. The molecule has 1 atom stereocenters. The fourth-order valence-electron chi connectivity index (χ4n) is 7.88. The molecule has 3 aromatic carbocycles. The van der Waals surface area contributed by atoms with E-state index in [2.05, 4.69) is 4.74 Å². The number of aryl methyl sites for hydroxylation is 1. The van der Waals surface area contributed by atoms with Crippen LogP contribution in [-0.2, 0) is 51.0 Å². The lowest BCUT2D eigenvalue weighted by molar-refractivity contribution is -0.160. The highest BCUT2D eigenvalue weighted by Crippen LogP contribution is 2.28. The summed E-state index contributed by atoms with van der Waals surface area (Å²) >= 11 is 0. The number of nitrogens with zero attached hydrogens (tertiary/aromatic N) is 4. The van der Waals surface area contributed by atoms with Gasteiger partial charge in [0.1, 0.15) is 28.2 Å². The Labute approximate surface area is 433 Å². The molecule has 74 heavy (non-hydrogen) atoms. The fraction of sp³-hybridized carbons (Fsp3) is 0.582. The molecule has 1 heterocycles. The molecule has 1 saturated heterocycles. The van der Waals surface area contributed by atoms with Gasteiger partial charge in [-0.3, -0.25) is 38.8 Å². The first-order chi connectivity index (χ1) is 34.3. The predicted octanol–water partition coefficient (Wildman–Crippen LogP) is 7.97. The van der Waals surface area contributed by atoms with Crippen LogP contribution in [0.15, 0.2) is 54.6 Å². The topological polar surface area (TPSA) is 154 Å². The normalized spacial score (nSPS) is 16.4. The van der Waals surface area contributed by atoms with Gasteiger partial charge < -0.3 is 28.4 Å². The Balaban J connectivity index is 1.56. The van der Waals surface area contributed by atoms with Gasteiger partial charge in [-0.1, -0.05) is 24.3 Å². The molecular formula is C55H76F4N4O11. The molecule has 0 aromatic heterocycles. The Kier molecular flexibility index (Phi) is 22.0. The standard InChI is InChI=1S/C55H76F4N4O11/c1-52(2,3)71-44(64)33-60-23-24-61(34-45(65)72-53(4,5)6)27-28-63(36-47(67)74-55(10,11)12)40(32-62(26-25-60)35-46(66)73-54(7,8)9)30-38-17-21-41(22-18-38)69-29-13-14-37-15-19-39(20-16-37)51(68)70-50-48(58)42(56)31-43(57)49(50)59/h15-22,31,40H,13-14,23-30,32-36H2,1-12H3/t40-/m0/s1. The van der Waals surface area contributed by atoms with E-state index in [4.69, 9.17) is 23.7 Å². The molecule has 0 bridgehead atoms. The van der Waals surface area contributed by atoms with Crippen molar-refractivity contribution in [3.8, 4) is 11.5 Å². The van der Waals surface area contributed by atoms with E-state index in [9.17, 15) is 41.5 Å². The van der Waals surface area contributed by atoms with Crippen molar-refractivity contribution in [1.29, 1.82) is 0 Å². The maximum absolute atomic E-state index is 14.1. The molecule has 410 valence electrons. The average Bonchev–Trinajstić information content (AvgIpc) is 3.25. The first-order valence-corrected chi connectivity index (χ1v) is 25.0. The Morgan fingerprint density at radius 2 is 0.932 bits per heavy atom. The van der Waals surface area contributed by atoms with E-state index in [0.717, 1.165) is 11.1 Å². The van der Waals surface area contributed by atoms with Crippen molar-refractivity contribution in [2.75, 3.05) is 78.6 Å². The molecule has 0 amide bonds. The molecule has 4 rings (SSSR count). The second-order valence-electron chi connectivity index (χ2n) is 22.4. The van der Waals surface area contributed by atoms with Crippen molar-refractivity contribution in [2.24, 2.45) is 0 Å². The molecule has 0 spiro atoms. The summed E-state index contributed by atoms with van der Waals surface area (Å²) in [6, 6.07) is 13.2. The van der Waals surface area contributed by atoms with Crippen LogP contribution in [0.3, 0.4) is 0 Å². The Morgan fingerprint density at radius 1 is 0.527 bits per heavy atom. The van der Waals surface area contributed by atoms with Crippen molar-refractivity contribution in [3.63, 3.8) is 0 Å². The van der Waals surface area contributed by atoms with Crippen LogP contribution in [0.1, 0.15) is 111 Å². The third-order valence-electron chi connectivity index (χ3n) is 11.0. The van der Waals surface area contributed by atoms with Crippen LogP contribution in [0, 0.1) is 23.3 Å². The Hall–Kier alpha value is -5.63. The van der Waals surface area contributed by atoms with E-state index in [1.165, 1.54) is 12.1 Å². The molecule has 0 radical (unpaired) electrons. The van der Waals surface area contributed by atoms with E-state index in [1.54, 1.807) is 95.2 Å². The van der Waals surface area contributed by atoms with Crippen LogP contribution in [-0.4, -0.2) is 156 Å². The number of carbonyl (C=O) groups is 5. The molecule has 3 aromatic rings. The monoisotopic (exact) mass is 1040 g/mol. The molecule has 1 aliphatic heterocycles. The van der Waals surface area contributed by atoms with E-state index >= 15 is 0 Å². The second kappa shape index (κ2) is 26.7. The first kappa shape index (κ1) is 60.9. The number of benzene rings is 3. The van der Waals surface area contributed by atoms with E-state index in [-0.39, 0.29) is 37.8 Å². The number of rotatable bonds is 17. The maximum atomic E-state index is 14.1. The molecule has 1 aliphatic rings. The van der Waals surface area contributed by atoms with Gasteiger partial charge in [-0.25, -0.2) is 13.6 Å². The smallest absolute Gasteiger partial charge is 0.343 e. The minimum absolute atomic E-state index is 0.0215. The van der Waals surface area contributed by atoms with Gasteiger partial charge in [0.25, 0.3) is 0 Å². The lowest BCUT2D eigenvalue weighted by Crippen LogP contribution is -2.54. The van der Waals surface area contributed by atoms with Crippen molar-refractivity contribution in [1.82, 2.24) is 19.6 Å². The number of hydrogen-bond acceptors (Lipinski definition) is 15. The summed E-state index contributed by atoms with van der Waals surface area (Å²) in [4.78, 5) is 74.3. The molecule has 15 nitrogen and oxygen atoms in total. The van der Waals surface area contributed by atoms with Gasteiger partial charge in [0.05, 0.1) is 38.3 Å². The number of esters is 5.